The lowest BCUT2D eigenvalue weighted by Crippen LogP contribution is -2.13. The maximum absolute atomic E-state index is 11.6. The van der Waals surface area contributed by atoms with Crippen molar-refractivity contribution in [3.05, 3.63) is 47.6 Å². The second-order valence-electron chi connectivity index (χ2n) is 4.51. The molecule has 0 aliphatic carbocycles. The maximum atomic E-state index is 11.6. The van der Waals surface area contributed by atoms with Gasteiger partial charge in [0, 0.05) is 6.42 Å². The van der Waals surface area contributed by atoms with Gasteiger partial charge >= 0.3 is 5.97 Å². The van der Waals surface area contributed by atoms with Gasteiger partial charge < -0.3 is 9.26 Å². The van der Waals surface area contributed by atoms with Crippen molar-refractivity contribution in [1.29, 1.82) is 0 Å². The van der Waals surface area contributed by atoms with E-state index >= 15 is 0 Å². The highest BCUT2D eigenvalue weighted by molar-refractivity contribution is 5.76. The van der Waals surface area contributed by atoms with Crippen LogP contribution in [0.1, 0.15) is 37.0 Å². The molecule has 1 unspecified atom stereocenters. The second kappa shape index (κ2) is 6.84. The van der Waals surface area contributed by atoms with E-state index in [-0.39, 0.29) is 5.97 Å². The molecule has 0 saturated carbocycles. The van der Waals surface area contributed by atoms with E-state index in [0.29, 0.717) is 24.7 Å². The van der Waals surface area contributed by atoms with Crippen molar-refractivity contribution in [2.45, 2.75) is 32.6 Å². The van der Waals surface area contributed by atoms with Crippen LogP contribution in [0.3, 0.4) is 0 Å². The first-order valence-corrected chi connectivity index (χ1v) is 6.73. The van der Waals surface area contributed by atoms with Gasteiger partial charge in [0.25, 0.3) is 0 Å². The molecule has 1 heterocycles. The molecule has 0 radical (unpaired) electrons. The van der Waals surface area contributed by atoms with Gasteiger partial charge in [-0.2, -0.15) is 4.98 Å². The first-order chi connectivity index (χ1) is 9.70. The molecule has 5 heteroatoms. The van der Waals surface area contributed by atoms with Crippen molar-refractivity contribution < 1.29 is 14.1 Å². The number of hydrogen-bond donors (Lipinski definition) is 0. The Balaban J connectivity index is 1.93. The molecule has 1 atom stereocenters. The van der Waals surface area contributed by atoms with Crippen LogP contribution >= 0.6 is 0 Å². The molecule has 0 N–H and O–H groups in total. The van der Waals surface area contributed by atoms with E-state index < -0.39 is 5.92 Å². The number of carbonyl (C=O) groups excluding carboxylic acids is 1. The zero-order chi connectivity index (χ0) is 14.4. The van der Waals surface area contributed by atoms with Gasteiger partial charge in [-0.15, -0.1) is 0 Å². The summed E-state index contributed by atoms with van der Waals surface area (Å²) in [4.78, 5) is 15.8. The minimum Gasteiger partial charge on any atom is -0.465 e. The predicted octanol–water partition coefficient (Wildman–Crippen LogP) is 2.52. The molecule has 0 amide bonds. The van der Waals surface area contributed by atoms with E-state index in [1.54, 1.807) is 13.8 Å². The number of ether oxygens (including phenoxy) is 1. The predicted molar refractivity (Wildman–Crippen MR) is 73.2 cm³/mol. The summed E-state index contributed by atoms with van der Waals surface area (Å²) in [6.07, 6.45) is 1.52. The Morgan fingerprint density at radius 3 is 2.75 bits per heavy atom. The third-order valence-electron chi connectivity index (χ3n) is 2.97. The maximum Gasteiger partial charge on any atom is 0.318 e. The molecule has 0 saturated heterocycles. The van der Waals surface area contributed by atoms with Crippen molar-refractivity contribution in [3.63, 3.8) is 0 Å². The molecule has 0 fully saturated rings. The summed E-state index contributed by atoms with van der Waals surface area (Å²) in [5.74, 6) is 0.0604. The van der Waals surface area contributed by atoms with Crippen LogP contribution in [0.5, 0.6) is 0 Å². The second-order valence-corrected chi connectivity index (χ2v) is 4.51. The molecule has 106 valence electrons. The summed E-state index contributed by atoms with van der Waals surface area (Å²) in [5, 5.41) is 3.90. The first-order valence-electron chi connectivity index (χ1n) is 6.73. The van der Waals surface area contributed by atoms with Gasteiger partial charge in [-0.25, -0.2) is 0 Å². The van der Waals surface area contributed by atoms with Crippen LogP contribution in [0.25, 0.3) is 0 Å². The van der Waals surface area contributed by atoms with Crippen molar-refractivity contribution in [2.75, 3.05) is 6.61 Å². The van der Waals surface area contributed by atoms with Crippen molar-refractivity contribution >= 4 is 5.97 Å². The molecule has 0 spiro atoms. The third kappa shape index (κ3) is 3.66. The molecule has 0 aliphatic heterocycles. The molecule has 2 aromatic rings. The third-order valence-corrected chi connectivity index (χ3v) is 2.97. The number of benzene rings is 1. The van der Waals surface area contributed by atoms with Crippen LogP contribution in [0.4, 0.5) is 0 Å². The number of aromatic nitrogens is 2. The van der Waals surface area contributed by atoms with Crippen LogP contribution in [0.15, 0.2) is 34.9 Å². The van der Waals surface area contributed by atoms with E-state index in [0.717, 1.165) is 6.42 Å². The SMILES string of the molecule is CCOC(=O)C(C)c1nc(CCc2ccccc2)no1. The molecule has 0 aliphatic rings. The quantitative estimate of drug-likeness (QED) is 0.757. The van der Waals surface area contributed by atoms with Crippen LogP contribution in [-0.2, 0) is 22.4 Å². The first kappa shape index (κ1) is 14.2. The number of carbonyl (C=O) groups is 1. The molecular formula is C15H18N2O3. The Morgan fingerprint density at radius 2 is 2.05 bits per heavy atom. The molecule has 5 nitrogen and oxygen atoms in total. The molecule has 1 aromatic carbocycles. The zero-order valence-corrected chi connectivity index (χ0v) is 11.7. The largest absolute Gasteiger partial charge is 0.465 e. The highest BCUT2D eigenvalue weighted by Gasteiger charge is 2.22. The Bertz CT molecular complexity index is 551. The summed E-state index contributed by atoms with van der Waals surface area (Å²) < 4.78 is 10.1. The minimum atomic E-state index is -0.520. The van der Waals surface area contributed by atoms with Crippen molar-refractivity contribution in [2.24, 2.45) is 0 Å². The monoisotopic (exact) mass is 274 g/mol. The highest BCUT2D eigenvalue weighted by atomic mass is 16.5. The molecule has 2 rings (SSSR count). The fourth-order valence-electron chi connectivity index (χ4n) is 1.81. The van der Waals surface area contributed by atoms with Gasteiger partial charge in [-0.3, -0.25) is 4.79 Å². The fourth-order valence-corrected chi connectivity index (χ4v) is 1.81. The topological polar surface area (TPSA) is 65.2 Å². The lowest BCUT2D eigenvalue weighted by Gasteiger charge is -2.04. The number of nitrogens with zero attached hydrogens (tertiary/aromatic N) is 2. The van der Waals surface area contributed by atoms with Crippen molar-refractivity contribution in [1.82, 2.24) is 10.1 Å². The van der Waals surface area contributed by atoms with Crippen LogP contribution in [0, 0.1) is 0 Å². The minimum absolute atomic E-state index is 0.312. The van der Waals surface area contributed by atoms with Crippen LogP contribution in [-0.4, -0.2) is 22.7 Å². The average Bonchev–Trinajstić information content (AvgIpc) is 2.94. The van der Waals surface area contributed by atoms with Gasteiger partial charge in [0.1, 0.15) is 5.92 Å². The number of hydrogen-bond acceptors (Lipinski definition) is 5. The van der Waals surface area contributed by atoms with E-state index in [9.17, 15) is 4.79 Å². The molecule has 1 aromatic heterocycles. The van der Waals surface area contributed by atoms with Gasteiger partial charge in [0.15, 0.2) is 5.82 Å². The summed E-state index contributed by atoms with van der Waals surface area (Å²) in [6, 6.07) is 10.1. The molecule has 0 bridgehead atoms. The van der Waals surface area contributed by atoms with Gasteiger partial charge in [0.2, 0.25) is 5.89 Å². The highest BCUT2D eigenvalue weighted by Crippen LogP contribution is 2.15. The van der Waals surface area contributed by atoms with Crippen LogP contribution < -0.4 is 0 Å². The Labute approximate surface area is 118 Å². The molecule has 20 heavy (non-hydrogen) atoms. The zero-order valence-electron chi connectivity index (χ0n) is 11.7. The Morgan fingerprint density at radius 1 is 1.30 bits per heavy atom. The van der Waals surface area contributed by atoms with Crippen molar-refractivity contribution in [3.8, 4) is 0 Å². The van der Waals surface area contributed by atoms with Crippen LogP contribution in [0.2, 0.25) is 0 Å². The fraction of sp³-hybridized carbons (Fsp3) is 0.400. The van der Waals surface area contributed by atoms with Gasteiger partial charge in [-0.1, -0.05) is 35.5 Å². The van der Waals surface area contributed by atoms with Gasteiger partial charge in [-0.05, 0) is 25.8 Å². The summed E-state index contributed by atoms with van der Waals surface area (Å²) in [5.41, 5.74) is 1.22. The van der Waals surface area contributed by atoms with Gasteiger partial charge in [0.05, 0.1) is 6.61 Å². The lowest BCUT2D eigenvalue weighted by molar-refractivity contribution is -0.145. The standard InChI is InChI=1S/C15H18N2O3/c1-3-19-15(18)11(2)14-16-13(17-20-14)10-9-12-7-5-4-6-8-12/h4-8,11H,3,9-10H2,1-2H3. The number of aryl methyl sites for hydroxylation is 2. The average molecular weight is 274 g/mol. The summed E-state index contributed by atoms with van der Waals surface area (Å²) in [7, 11) is 0. The lowest BCUT2D eigenvalue weighted by atomic mass is 10.1. The normalized spacial score (nSPS) is 12.1. The van der Waals surface area contributed by atoms with E-state index in [4.69, 9.17) is 9.26 Å². The molecular weight excluding hydrogens is 256 g/mol. The Kier molecular flexibility index (Phi) is 4.87. The smallest absolute Gasteiger partial charge is 0.318 e. The van der Waals surface area contributed by atoms with E-state index in [1.165, 1.54) is 5.56 Å². The number of esters is 1. The number of rotatable bonds is 6. The summed E-state index contributed by atoms with van der Waals surface area (Å²) >= 11 is 0. The summed E-state index contributed by atoms with van der Waals surface area (Å²) in [6.45, 7) is 3.81. The Hall–Kier alpha value is -2.17. The van der Waals surface area contributed by atoms with E-state index in [1.807, 2.05) is 18.2 Å². The van der Waals surface area contributed by atoms with E-state index in [2.05, 4.69) is 22.3 Å².